The van der Waals surface area contributed by atoms with Gasteiger partial charge in [-0.05, 0) is 12.8 Å². The van der Waals surface area contributed by atoms with Crippen LogP contribution in [0.4, 0.5) is 0 Å². The zero-order chi connectivity index (χ0) is 10.4. The lowest BCUT2D eigenvalue weighted by Crippen LogP contribution is -2.53. The summed E-state index contributed by atoms with van der Waals surface area (Å²) in [6.45, 7) is 0. The average molecular weight is 196 g/mol. The van der Waals surface area contributed by atoms with Crippen LogP contribution >= 0.6 is 0 Å². The molecule has 0 aromatic heterocycles. The monoisotopic (exact) mass is 196 g/mol. The standard InChI is InChI=1S/C11H20N2O/c1-3-10(13-12)11(14-2)8-6-4-5-7-9-11/h1,10,13H,4-9,12H2,2H3. The first kappa shape index (κ1) is 11.5. The van der Waals surface area contributed by atoms with Crippen LogP contribution in [-0.4, -0.2) is 18.8 Å². The van der Waals surface area contributed by atoms with E-state index in [1.165, 1.54) is 25.7 Å². The fourth-order valence-electron chi connectivity index (χ4n) is 2.29. The molecule has 0 aliphatic heterocycles. The minimum Gasteiger partial charge on any atom is -0.376 e. The van der Waals surface area contributed by atoms with Crippen molar-refractivity contribution in [2.75, 3.05) is 7.11 Å². The summed E-state index contributed by atoms with van der Waals surface area (Å²) in [7, 11) is 1.73. The number of methoxy groups -OCH3 is 1. The van der Waals surface area contributed by atoms with Crippen molar-refractivity contribution < 1.29 is 4.74 Å². The highest BCUT2D eigenvalue weighted by Crippen LogP contribution is 2.32. The lowest BCUT2D eigenvalue weighted by Gasteiger charge is -2.35. The molecule has 1 aliphatic carbocycles. The molecule has 3 heteroatoms. The van der Waals surface area contributed by atoms with Crippen molar-refractivity contribution in [3.8, 4) is 12.3 Å². The molecule has 80 valence electrons. The van der Waals surface area contributed by atoms with Crippen molar-refractivity contribution in [3.05, 3.63) is 0 Å². The molecule has 1 rings (SSSR count). The van der Waals surface area contributed by atoms with Gasteiger partial charge < -0.3 is 4.74 Å². The van der Waals surface area contributed by atoms with E-state index in [0.717, 1.165) is 12.8 Å². The molecule has 1 fully saturated rings. The van der Waals surface area contributed by atoms with Gasteiger partial charge >= 0.3 is 0 Å². The summed E-state index contributed by atoms with van der Waals surface area (Å²) in [6, 6.07) is -0.175. The maximum Gasteiger partial charge on any atom is 0.110 e. The van der Waals surface area contributed by atoms with Crippen LogP contribution in [-0.2, 0) is 4.74 Å². The Morgan fingerprint density at radius 3 is 2.29 bits per heavy atom. The van der Waals surface area contributed by atoms with E-state index in [2.05, 4.69) is 11.3 Å². The number of hydrogen-bond acceptors (Lipinski definition) is 3. The van der Waals surface area contributed by atoms with Gasteiger partial charge in [0.05, 0.1) is 5.60 Å². The number of rotatable bonds is 3. The summed E-state index contributed by atoms with van der Waals surface area (Å²) in [4.78, 5) is 0. The van der Waals surface area contributed by atoms with Crippen LogP contribution in [0.25, 0.3) is 0 Å². The van der Waals surface area contributed by atoms with Gasteiger partial charge in [-0.1, -0.05) is 31.6 Å². The summed E-state index contributed by atoms with van der Waals surface area (Å²) < 4.78 is 5.62. The Labute approximate surface area is 86.4 Å². The second-order valence-electron chi connectivity index (χ2n) is 3.95. The first-order chi connectivity index (χ1) is 6.79. The van der Waals surface area contributed by atoms with Gasteiger partial charge in [-0.3, -0.25) is 5.84 Å². The number of nitrogens with one attached hydrogen (secondary N) is 1. The normalized spacial score (nSPS) is 23.5. The van der Waals surface area contributed by atoms with E-state index in [0.29, 0.717) is 0 Å². The average Bonchev–Trinajstić information content (AvgIpc) is 2.46. The van der Waals surface area contributed by atoms with Gasteiger partial charge in [0.1, 0.15) is 6.04 Å². The molecule has 1 saturated carbocycles. The van der Waals surface area contributed by atoms with Crippen LogP contribution in [0.5, 0.6) is 0 Å². The van der Waals surface area contributed by atoms with Crippen LogP contribution in [0, 0.1) is 12.3 Å². The van der Waals surface area contributed by atoms with E-state index >= 15 is 0 Å². The van der Waals surface area contributed by atoms with Crippen LogP contribution < -0.4 is 11.3 Å². The SMILES string of the molecule is C#CC(NN)C1(OC)CCCCCC1. The third-order valence-electron chi connectivity index (χ3n) is 3.22. The van der Waals surface area contributed by atoms with Crippen molar-refractivity contribution in [2.24, 2.45) is 5.84 Å². The van der Waals surface area contributed by atoms with Crippen LogP contribution in [0.15, 0.2) is 0 Å². The third-order valence-corrected chi connectivity index (χ3v) is 3.22. The Morgan fingerprint density at radius 1 is 1.36 bits per heavy atom. The number of terminal acetylenes is 1. The minimum absolute atomic E-state index is 0.175. The van der Waals surface area contributed by atoms with Gasteiger partial charge in [-0.2, -0.15) is 0 Å². The zero-order valence-corrected chi connectivity index (χ0v) is 8.88. The fourth-order valence-corrected chi connectivity index (χ4v) is 2.29. The lowest BCUT2D eigenvalue weighted by atomic mass is 9.87. The van der Waals surface area contributed by atoms with Crippen molar-refractivity contribution >= 4 is 0 Å². The molecular formula is C11H20N2O. The van der Waals surface area contributed by atoms with Crippen molar-refractivity contribution in [1.82, 2.24) is 5.43 Å². The topological polar surface area (TPSA) is 47.3 Å². The summed E-state index contributed by atoms with van der Waals surface area (Å²) in [5, 5.41) is 0. The van der Waals surface area contributed by atoms with Crippen molar-refractivity contribution in [1.29, 1.82) is 0 Å². The van der Waals surface area contributed by atoms with Gasteiger partial charge in [0.25, 0.3) is 0 Å². The van der Waals surface area contributed by atoms with Crippen LogP contribution in [0.2, 0.25) is 0 Å². The largest absolute Gasteiger partial charge is 0.376 e. The molecular weight excluding hydrogens is 176 g/mol. The van der Waals surface area contributed by atoms with E-state index in [4.69, 9.17) is 17.0 Å². The second kappa shape index (κ2) is 5.35. The molecule has 0 heterocycles. The lowest BCUT2D eigenvalue weighted by molar-refractivity contribution is -0.0384. The van der Waals surface area contributed by atoms with E-state index < -0.39 is 0 Å². The van der Waals surface area contributed by atoms with Crippen molar-refractivity contribution in [3.63, 3.8) is 0 Å². The molecule has 0 aromatic carbocycles. The molecule has 1 aliphatic rings. The van der Waals surface area contributed by atoms with Crippen molar-refractivity contribution in [2.45, 2.75) is 50.2 Å². The molecule has 0 spiro atoms. The number of hydrazine groups is 1. The summed E-state index contributed by atoms with van der Waals surface area (Å²) in [6.07, 6.45) is 12.3. The molecule has 0 radical (unpaired) electrons. The molecule has 0 amide bonds. The number of hydrogen-bond donors (Lipinski definition) is 2. The zero-order valence-electron chi connectivity index (χ0n) is 8.88. The quantitative estimate of drug-likeness (QED) is 0.308. The van der Waals surface area contributed by atoms with E-state index in [1.54, 1.807) is 7.11 Å². The highest BCUT2D eigenvalue weighted by Gasteiger charge is 2.37. The third kappa shape index (κ3) is 2.27. The van der Waals surface area contributed by atoms with Crippen LogP contribution in [0.1, 0.15) is 38.5 Å². The van der Waals surface area contributed by atoms with Gasteiger partial charge in [0.15, 0.2) is 0 Å². The molecule has 1 atom stereocenters. The molecule has 0 aromatic rings. The Balaban J connectivity index is 2.76. The minimum atomic E-state index is -0.250. The molecule has 0 saturated heterocycles. The maximum absolute atomic E-state index is 5.62. The van der Waals surface area contributed by atoms with Gasteiger partial charge in [-0.15, -0.1) is 6.42 Å². The molecule has 3 N–H and O–H groups in total. The molecule has 14 heavy (non-hydrogen) atoms. The predicted octanol–water partition coefficient (Wildman–Crippen LogP) is 1.19. The van der Waals surface area contributed by atoms with Gasteiger partial charge in [0, 0.05) is 7.11 Å². The fraction of sp³-hybridized carbons (Fsp3) is 0.818. The number of ether oxygens (including phenoxy) is 1. The van der Waals surface area contributed by atoms with Crippen LogP contribution in [0.3, 0.4) is 0 Å². The number of nitrogens with two attached hydrogens (primary N) is 1. The van der Waals surface area contributed by atoms with E-state index in [-0.39, 0.29) is 11.6 Å². The Hall–Kier alpha value is -0.560. The Bertz CT molecular complexity index is 202. The molecule has 3 nitrogen and oxygen atoms in total. The Kier molecular flexibility index (Phi) is 4.40. The van der Waals surface area contributed by atoms with E-state index in [1.807, 2.05) is 0 Å². The Morgan fingerprint density at radius 2 is 1.93 bits per heavy atom. The predicted molar refractivity (Wildman–Crippen MR) is 57.4 cm³/mol. The summed E-state index contributed by atoms with van der Waals surface area (Å²) >= 11 is 0. The molecule has 0 bridgehead atoms. The maximum atomic E-state index is 5.62. The van der Waals surface area contributed by atoms with Gasteiger partial charge in [0.2, 0.25) is 0 Å². The first-order valence-corrected chi connectivity index (χ1v) is 5.26. The second-order valence-corrected chi connectivity index (χ2v) is 3.95. The van der Waals surface area contributed by atoms with E-state index in [9.17, 15) is 0 Å². The summed E-state index contributed by atoms with van der Waals surface area (Å²) in [5.41, 5.74) is 2.43. The molecule has 1 unspecified atom stereocenters. The first-order valence-electron chi connectivity index (χ1n) is 5.26. The smallest absolute Gasteiger partial charge is 0.110 e. The van der Waals surface area contributed by atoms with Gasteiger partial charge in [-0.25, -0.2) is 5.43 Å². The summed E-state index contributed by atoms with van der Waals surface area (Å²) in [5.74, 6) is 8.13. The highest BCUT2D eigenvalue weighted by molar-refractivity contribution is 5.10. The highest BCUT2D eigenvalue weighted by atomic mass is 16.5.